The number of methoxy groups -OCH3 is 1. The van der Waals surface area contributed by atoms with Crippen LogP contribution in [0.2, 0.25) is 5.02 Å². The molecule has 1 unspecified atom stereocenters. The highest BCUT2D eigenvalue weighted by atomic mass is 127. The number of anilines is 1. The van der Waals surface area contributed by atoms with E-state index in [1.165, 1.54) is 0 Å². The molecule has 1 amide bonds. The fourth-order valence-electron chi connectivity index (χ4n) is 3.91. The fourth-order valence-corrected chi connectivity index (χ4v) is 4.08. The quantitative estimate of drug-likeness (QED) is 0.226. The molecule has 2 saturated heterocycles. The molecule has 2 fully saturated rings. The number of rotatable bonds is 8. The minimum atomic E-state index is 0. The van der Waals surface area contributed by atoms with Crippen molar-refractivity contribution in [2.45, 2.75) is 38.6 Å². The first kappa shape index (κ1) is 24.8. The highest BCUT2D eigenvalue weighted by molar-refractivity contribution is 14.0. The second-order valence-corrected chi connectivity index (χ2v) is 7.93. The number of aliphatic imine (C=N–C) groups is 1. The number of likely N-dealkylation sites (tertiary alicyclic amines) is 1. The van der Waals surface area contributed by atoms with Crippen LogP contribution in [0.3, 0.4) is 0 Å². The predicted molar refractivity (Wildman–Crippen MR) is 134 cm³/mol. The average Bonchev–Trinajstić information content (AvgIpc) is 3.34. The van der Waals surface area contributed by atoms with E-state index in [9.17, 15) is 4.79 Å². The summed E-state index contributed by atoms with van der Waals surface area (Å²) in [5.74, 6) is 1.96. The van der Waals surface area contributed by atoms with Crippen LogP contribution in [0.15, 0.2) is 23.2 Å². The van der Waals surface area contributed by atoms with Crippen molar-refractivity contribution in [3.63, 3.8) is 0 Å². The summed E-state index contributed by atoms with van der Waals surface area (Å²) in [6, 6.07) is 6.02. The van der Waals surface area contributed by atoms with E-state index in [1.807, 2.05) is 23.1 Å². The molecule has 2 heterocycles. The lowest BCUT2D eigenvalue weighted by atomic mass is 10.2. The monoisotopic (exact) mass is 549 g/mol. The minimum absolute atomic E-state index is 0. The molecule has 3 rings (SSSR count). The van der Waals surface area contributed by atoms with E-state index in [0.29, 0.717) is 24.0 Å². The first-order chi connectivity index (χ1) is 14.1. The van der Waals surface area contributed by atoms with Crippen LogP contribution >= 0.6 is 35.6 Å². The minimum Gasteiger partial charge on any atom is -0.495 e. The summed E-state index contributed by atoms with van der Waals surface area (Å²) in [6.45, 7) is 7.08. The Labute approximate surface area is 201 Å². The van der Waals surface area contributed by atoms with Crippen molar-refractivity contribution in [1.82, 2.24) is 15.5 Å². The third-order valence-corrected chi connectivity index (χ3v) is 5.62. The molecule has 30 heavy (non-hydrogen) atoms. The van der Waals surface area contributed by atoms with Crippen LogP contribution in [-0.2, 0) is 4.79 Å². The van der Waals surface area contributed by atoms with E-state index in [-0.39, 0.29) is 29.9 Å². The SMILES string of the molecule is CCNC(=NCCCN1CCCC1=O)NC1CCN(c2cc(Cl)ccc2OC)C1.I. The largest absolute Gasteiger partial charge is 0.495 e. The van der Waals surface area contributed by atoms with Crippen molar-refractivity contribution >= 4 is 53.1 Å². The summed E-state index contributed by atoms with van der Waals surface area (Å²) in [6.07, 6.45) is 3.59. The van der Waals surface area contributed by atoms with Crippen LogP contribution in [0.1, 0.15) is 32.6 Å². The standard InChI is InChI=1S/C21H32ClN5O2.HI/c1-3-23-21(24-10-5-12-26-11-4-6-20(26)28)25-17-9-13-27(15-17)18-14-16(22)7-8-19(18)29-2;/h7-8,14,17H,3-6,9-13,15H2,1-2H3,(H2,23,24,25);1H. The summed E-state index contributed by atoms with van der Waals surface area (Å²) >= 11 is 6.19. The van der Waals surface area contributed by atoms with Crippen molar-refractivity contribution in [2.75, 3.05) is 51.3 Å². The number of carbonyl (C=O) groups is 1. The van der Waals surface area contributed by atoms with E-state index in [4.69, 9.17) is 21.3 Å². The van der Waals surface area contributed by atoms with Crippen LogP contribution < -0.4 is 20.3 Å². The lowest BCUT2D eigenvalue weighted by molar-refractivity contribution is -0.127. The van der Waals surface area contributed by atoms with E-state index in [1.54, 1.807) is 7.11 Å². The Morgan fingerprint density at radius 1 is 1.37 bits per heavy atom. The molecular weight excluding hydrogens is 517 g/mol. The molecule has 1 aromatic carbocycles. The summed E-state index contributed by atoms with van der Waals surface area (Å²) in [4.78, 5) is 20.6. The third kappa shape index (κ3) is 6.80. The summed E-state index contributed by atoms with van der Waals surface area (Å²) in [7, 11) is 1.68. The Morgan fingerprint density at radius 2 is 2.20 bits per heavy atom. The fraction of sp³-hybridized carbons (Fsp3) is 0.619. The molecule has 1 atom stereocenters. The lowest BCUT2D eigenvalue weighted by Gasteiger charge is -2.22. The van der Waals surface area contributed by atoms with Crippen molar-refractivity contribution in [1.29, 1.82) is 0 Å². The number of benzene rings is 1. The van der Waals surface area contributed by atoms with Gasteiger partial charge in [-0.25, -0.2) is 0 Å². The number of carbonyl (C=O) groups excluding carboxylic acids is 1. The molecule has 2 aliphatic rings. The number of ether oxygens (including phenoxy) is 1. The Balaban J connectivity index is 0.00000320. The number of amides is 1. The van der Waals surface area contributed by atoms with Gasteiger partial charge in [0.15, 0.2) is 5.96 Å². The van der Waals surface area contributed by atoms with Crippen LogP contribution in [0, 0.1) is 0 Å². The van der Waals surface area contributed by atoms with Gasteiger partial charge in [0.05, 0.1) is 12.8 Å². The zero-order valence-corrected chi connectivity index (χ0v) is 20.9. The molecule has 9 heteroatoms. The number of halogens is 2. The molecule has 2 aliphatic heterocycles. The zero-order chi connectivity index (χ0) is 20.6. The van der Waals surface area contributed by atoms with Crippen molar-refractivity contribution in [3.05, 3.63) is 23.2 Å². The highest BCUT2D eigenvalue weighted by Gasteiger charge is 2.25. The summed E-state index contributed by atoms with van der Waals surface area (Å²) < 4.78 is 5.50. The summed E-state index contributed by atoms with van der Waals surface area (Å²) in [5.41, 5.74) is 1.03. The molecule has 168 valence electrons. The Bertz CT molecular complexity index is 733. The van der Waals surface area contributed by atoms with Crippen molar-refractivity contribution in [3.8, 4) is 5.75 Å². The van der Waals surface area contributed by atoms with Crippen LogP contribution in [0.25, 0.3) is 0 Å². The van der Waals surface area contributed by atoms with Gasteiger partial charge in [0, 0.05) is 56.8 Å². The Kier molecular flexibility index (Phi) is 10.3. The van der Waals surface area contributed by atoms with Gasteiger partial charge in [-0.05, 0) is 44.4 Å². The molecule has 0 bridgehead atoms. The highest BCUT2D eigenvalue weighted by Crippen LogP contribution is 2.33. The Hall–Kier alpha value is -1.42. The predicted octanol–water partition coefficient (Wildman–Crippen LogP) is 3.11. The van der Waals surface area contributed by atoms with Crippen molar-refractivity contribution < 1.29 is 9.53 Å². The molecule has 0 aliphatic carbocycles. The number of guanidine groups is 1. The Morgan fingerprint density at radius 3 is 2.90 bits per heavy atom. The normalized spacial score (nSPS) is 19.1. The molecule has 0 spiro atoms. The van der Waals surface area contributed by atoms with Crippen molar-refractivity contribution in [2.24, 2.45) is 4.99 Å². The molecule has 1 aromatic rings. The molecule has 2 N–H and O–H groups in total. The van der Waals surface area contributed by atoms with E-state index < -0.39 is 0 Å². The molecular formula is C21H33ClIN5O2. The van der Waals surface area contributed by atoms with Gasteiger partial charge in [-0.2, -0.15) is 0 Å². The molecule has 7 nitrogen and oxygen atoms in total. The number of nitrogens with zero attached hydrogens (tertiary/aromatic N) is 3. The van der Waals surface area contributed by atoms with Gasteiger partial charge in [-0.15, -0.1) is 24.0 Å². The van der Waals surface area contributed by atoms with E-state index >= 15 is 0 Å². The molecule has 0 aromatic heterocycles. The number of hydrogen-bond acceptors (Lipinski definition) is 4. The second-order valence-electron chi connectivity index (χ2n) is 7.49. The maximum atomic E-state index is 11.7. The van der Waals surface area contributed by atoms with Gasteiger partial charge in [0.2, 0.25) is 5.91 Å². The van der Waals surface area contributed by atoms with Gasteiger partial charge in [-0.1, -0.05) is 11.6 Å². The average molecular weight is 550 g/mol. The number of nitrogens with one attached hydrogen (secondary N) is 2. The topological polar surface area (TPSA) is 69.2 Å². The van der Waals surface area contributed by atoms with Crippen LogP contribution in [0.4, 0.5) is 5.69 Å². The second kappa shape index (κ2) is 12.4. The van der Waals surface area contributed by atoms with E-state index in [2.05, 4.69) is 22.5 Å². The molecule has 0 saturated carbocycles. The van der Waals surface area contributed by atoms with E-state index in [0.717, 1.165) is 69.4 Å². The first-order valence-electron chi connectivity index (χ1n) is 10.5. The lowest BCUT2D eigenvalue weighted by Crippen LogP contribution is -2.44. The first-order valence-corrected chi connectivity index (χ1v) is 10.9. The number of hydrogen-bond donors (Lipinski definition) is 2. The zero-order valence-electron chi connectivity index (χ0n) is 17.8. The summed E-state index contributed by atoms with van der Waals surface area (Å²) in [5, 5.41) is 7.59. The van der Waals surface area contributed by atoms with Gasteiger partial charge >= 0.3 is 0 Å². The van der Waals surface area contributed by atoms with Gasteiger partial charge in [0.25, 0.3) is 0 Å². The maximum absolute atomic E-state index is 11.7. The van der Waals surface area contributed by atoms with Gasteiger partial charge in [0.1, 0.15) is 5.75 Å². The van der Waals surface area contributed by atoms with Crippen LogP contribution in [-0.4, -0.2) is 69.2 Å². The third-order valence-electron chi connectivity index (χ3n) is 5.38. The smallest absolute Gasteiger partial charge is 0.222 e. The maximum Gasteiger partial charge on any atom is 0.222 e. The molecule has 0 radical (unpaired) electrons. The van der Waals surface area contributed by atoms with Gasteiger partial charge < -0.3 is 25.2 Å². The van der Waals surface area contributed by atoms with Gasteiger partial charge in [-0.3, -0.25) is 9.79 Å². The van der Waals surface area contributed by atoms with Crippen LogP contribution in [0.5, 0.6) is 5.75 Å².